The summed E-state index contributed by atoms with van der Waals surface area (Å²) in [5.74, 6) is -0.555. The first-order valence-electron chi connectivity index (χ1n) is 13.2. The lowest BCUT2D eigenvalue weighted by Crippen LogP contribution is -2.45. The number of nitrogens with one attached hydrogen (secondary N) is 2. The second-order valence-electron chi connectivity index (χ2n) is 10.7. The van der Waals surface area contributed by atoms with Gasteiger partial charge in [-0.2, -0.15) is 0 Å². The molecule has 206 valence electrons. The number of halogens is 1. The van der Waals surface area contributed by atoms with E-state index < -0.39 is 17.4 Å². The van der Waals surface area contributed by atoms with Crippen molar-refractivity contribution in [3.05, 3.63) is 77.7 Å². The third-order valence-electron chi connectivity index (χ3n) is 6.45. The summed E-state index contributed by atoms with van der Waals surface area (Å²) in [5.41, 5.74) is 1.93. The fraction of sp³-hybridized carbons (Fsp3) is 0.367. The zero-order chi connectivity index (χ0) is 28.0. The van der Waals surface area contributed by atoms with Crippen LogP contribution in [-0.4, -0.2) is 65.0 Å². The van der Waals surface area contributed by atoms with Crippen LogP contribution in [-0.2, 0) is 6.54 Å². The maximum atomic E-state index is 15.0. The van der Waals surface area contributed by atoms with Crippen LogP contribution in [0.3, 0.4) is 0 Å². The molecule has 2 heterocycles. The highest BCUT2D eigenvalue weighted by Crippen LogP contribution is 2.26. The van der Waals surface area contributed by atoms with E-state index >= 15 is 0 Å². The monoisotopic (exact) mass is 533 g/mol. The molecule has 2 amide bonds. The molecule has 0 atom stereocenters. The maximum Gasteiger partial charge on any atom is 0.413 e. The number of likely N-dealkylation sites (N-methyl/N-ethyl adjacent to an activating group) is 1. The van der Waals surface area contributed by atoms with Crippen molar-refractivity contribution in [3.8, 4) is 17.0 Å². The number of carbonyl (C=O) groups excluding carboxylic acids is 2. The summed E-state index contributed by atoms with van der Waals surface area (Å²) >= 11 is 0. The molecule has 1 aliphatic rings. The van der Waals surface area contributed by atoms with Crippen LogP contribution < -0.4 is 15.4 Å². The standard InChI is InChI=1S/C30H36FN5O3/c1-5-35-14-16-36(17-15-35)20-21-18-24(31)27(32-19-21)22-10-12-23(13-11-22)28(37)33-25-8-6-7-9-26(25)39-29(38)34-30(2,3)4/h6-13,18-19H,5,14-17,20H2,1-4H3,(H,33,37)(H,34,38). The van der Waals surface area contributed by atoms with Gasteiger partial charge in [-0.1, -0.05) is 31.2 Å². The number of pyridine rings is 1. The molecule has 2 N–H and O–H groups in total. The molecule has 0 saturated carbocycles. The Kier molecular flexibility index (Phi) is 8.93. The molecule has 4 rings (SSSR count). The molecule has 0 bridgehead atoms. The van der Waals surface area contributed by atoms with Crippen LogP contribution in [0.1, 0.15) is 43.6 Å². The molecule has 8 nitrogen and oxygen atoms in total. The smallest absolute Gasteiger partial charge is 0.408 e. The van der Waals surface area contributed by atoms with Crippen LogP contribution >= 0.6 is 0 Å². The summed E-state index contributed by atoms with van der Waals surface area (Å²) in [6.07, 6.45) is 1.10. The molecule has 2 aromatic carbocycles. The van der Waals surface area contributed by atoms with Gasteiger partial charge in [0.2, 0.25) is 0 Å². The van der Waals surface area contributed by atoms with Gasteiger partial charge in [0.25, 0.3) is 5.91 Å². The molecule has 1 saturated heterocycles. The lowest BCUT2D eigenvalue weighted by Gasteiger charge is -2.33. The number of carbonyl (C=O) groups is 2. The number of hydrogen-bond acceptors (Lipinski definition) is 6. The average Bonchev–Trinajstić information content (AvgIpc) is 2.89. The average molecular weight is 534 g/mol. The third-order valence-corrected chi connectivity index (χ3v) is 6.45. The number of amides is 2. The number of rotatable bonds is 7. The van der Waals surface area contributed by atoms with E-state index in [0.29, 0.717) is 23.4 Å². The summed E-state index contributed by atoms with van der Waals surface area (Å²) in [5, 5.41) is 5.50. The van der Waals surface area contributed by atoms with Crippen LogP contribution in [0.4, 0.5) is 14.9 Å². The van der Waals surface area contributed by atoms with Crippen molar-refractivity contribution in [1.82, 2.24) is 20.1 Å². The molecule has 9 heteroatoms. The normalized spacial score (nSPS) is 14.6. The molecular weight excluding hydrogens is 497 g/mol. The molecule has 1 fully saturated rings. The van der Waals surface area contributed by atoms with Gasteiger partial charge in [0.05, 0.1) is 5.69 Å². The lowest BCUT2D eigenvalue weighted by atomic mass is 10.1. The highest BCUT2D eigenvalue weighted by Gasteiger charge is 2.19. The number of hydrogen-bond donors (Lipinski definition) is 2. The Labute approximate surface area is 229 Å². The zero-order valence-corrected chi connectivity index (χ0v) is 23.0. The van der Waals surface area contributed by atoms with E-state index in [-0.39, 0.29) is 17.4 Å². The highest BCUT2D eigenvalue weighted by atomic mass is 19.1. The summed E-state index contributed by atoms with van der Waals surface area (Å²) in [6, 6.07) is 14.8. The van der Waals surface area contributed by atoms with Crippen LogP contribution in [0.25, 0.3) is 11.3 Å². The Morgan fingerprint density at radius 2 is 1.67 bits per heavy atom. The van der Waals surface area contributed by atoms with E-state index in [1.807, 2.05) is 20.8 Å². The van der Waals surface area contributed by atoms with E-state index in [1.54, 1.807) is 60.8 Å². The van der Waals surface area contributed by atoms with E-state index in [0.717, 1.165) is 38.3 Å². The van der Waals surface area contributed by atoms with Gasteiger partial charge < -0.3 is 20.3 Å². The van der Waals surface area contributed by atoms with Gasteiger partial charge in [-0.3, -0.25) is 14.7 Å². The predicted molar refractivity (Wildman–Crippen MR) is 150 cm³/mol. The molecule has 39 heavy (non-hydrogen) atoms. The van der Waals surface area contributed by atoms with Gasteiger partial charge in [-0.25, -0.2) is 9.18 Å². The molecule has 0 unspecified atom stereocenters. The highest BCUT2D eigenvalue weighted by molar-refractivity contribution is 6.05. The molecule has 1 aliphatic heterocycles. The third kappa shape index (κ3) is 7.84. The Hall–Kier alpha value is -3.82. The fourth-order valence-electron chi connectivity index (χ4n) is 4.36. The first kappa shape index (κ1) is 28.2. The number of nitrogens with zero attached hydrogens (tertiary/aromatic N) is 3. The van der Waals surface area contributed by atoms with Crippen LogP contribution in [0.15, 0.2) is 60.8 Å². The summed E-state index contributed by atoms with van der Waals surface area (Å²) in [7, 11) is 0. The van der Waals surface area contributed by atoms with E-state index in [9.17, 15) is 14.0 Å². The molecular formula is C30H36FN5O3. The first-order valence-corrected chi connectivity index (χ1v) is 13.2. The molecule has 3 aromatic rings. The van der Waals surface area contributed by atoms with Crippen molar-refractivity contribution in [1.29, 1.82) is 0 Å². The zero-order valence-electron chi connectivity index (χ0n) is 23.0. The summed E-state index contributed by atoms with van der Waals surface area (Å²) in [4.78, 5) is 34.2. The Balaban J connectivity index is 1.39. The van der Waals surface area contributed by atoms with Crippen molar-refractivity contribution in [2.24, 2.45) is 0 Å². The van der Waals surface area contributed by atoms with Crippen molar-refractivity contribution in [2.75, 3.05) is 38.0 Å². The van der Waals surface area contributed by atoms with Gasteiger partial charge in [0.15, 0.2) is 5.75 Å². The Bertz CT molecular complexity index is 1300. The number of anilines is 1. The topological polar surface area (TPSA) is 86.8 Å². The van der Waals surface area contributed by atoms with Gasteiger partial charge in [0, 0.05) is 55.6 Å². The van der Waals surface area contributed by atoms with Crippen molar-refractivity contribution in [3.63, 3.8) is 0 Å². The number of benzene rings is 2. The van der Waals surface area contributed by atoms with Gasteiger partial charge in [0.1, 0.15) is 11.5 Å². The quantitative estimate of drug-likeness (QED) is 0.436. The largest absolute Gasteiger partial charge is 0.413 e. The van der Waals surface area contributed by atoms with Crippen molar-refractivity contribution >= 4 is 17.7 Å². The summed E-state index contributed by atoms with van der Waals surface area (Å²) in [6.45, 7) is 13.4. The molecule has 0 aliphatic carbocycles. The van der Waals surface area contributed by atoms with Crippen molar-refractivity contribution < 1.29 is 18.7 Å². The minimum atomic E-state index is -0.617. The van der Waals surface area contributed by atoms with Gasteiger partial charge in [-0.05, 0) is 63.2 Å². The lowest BCUT2D eigenvalue weighted by molar-refractivity contribution is 0.102. The molecule has 0 radical (unpaired) electrons. The van der Waals surface area contributed by atoms with Gasteiger partial charge in [-0.15, -0.1) is 0 Å². The second kappa shape index (κ2) is 12.4. The van der Waals surface area contributed by atoms with E-state index in [4.69, 9.17) is 4.74 Å². The number of aromatic nitrogens is 1. The van der Waals surface area contributed by atoms with Crippen LogP contribution in [0.5, 0.6) is 5.75 Å². The minimum absolute atomic E-state index is 0.225. The second-order valence-corrected chi connectivity index (χ2v) is 10.7. The van der Waals surface area contributed by atoms with Crippen LogP contribution in [0, 0.1) is 5.82 Å². The molecule has 1 aromatic heterocycles. The Morgan fingerprint density at radius 3 is 2.31 bits per heavy atom. The van der Waals surface area contributed by atoms with Gasteiger partial charge >= 0.3 is 6.09 Å². The Morgan fingerprint density at radius 1 is 1.00 bits per heavy atom. The van der Waals surface area contributed by atoms with Crippen molar-refractivity contribution in [2.45, 2.75) is 39.8 Å². The maximum absolute atomic E-state index is 15.0. The first-order chi connectivity index (χ1) is 18.6. The minimum Gasteiger partial charge on any atom is -0.408 e. The summed E-state index contributed by atoms with van der Waals surface area (Å²) < 4.78 is 20.4. The SMILES string of the molecule is CCN1CCN(Cc2cnc(-c3ccc(C(=O)Nc4ccccc4OC(=O)NC(C)(C)C)cc3)c(F)c2)CC1. The number of piperazine rings is 1. The number of ether oxygens (including phenoxy) is 1. The van der Waals surface area contributed by atoms with E-state index in [2.05, 4.69) is 32.3 Å². The van der Waals surface area contributed by atoms with Crippen LogP contribution in [0.2, 0.25) is 0 Å². The fourth-order valence-corrected chi connectivity index (χ4v) is 4.36. The predicted octanol–water partition coefficient (Wildman–Crippen LogP) is 5.16. The number of para-hydroxylation sites is 2. The molecule has 0 spiro atoms. The van der Waals surface area contributed by atoms with E-state index in [1.165, 1.54) is 0 Å².